The third kappa shape index (κ3) is 2.69. The van der Waals surface area contributed by atoms with Gasteiger partial charge < -0.3 is 9.88 Å². The van der Waals surface area contributed by atoms with E-state index >= 15 is 0 Å². The van der Waals surface area contributed by atoms with Crippen molar-refractivity contribution in [2.45, 2.75) is 6.92 Å². The maximum atomic E-state index is 13.5. The van der Waals surface area contributed by atoms with E-state index < -0.39 is 11.6 Å². The third-order valence-corrected chi connectivity index (χ3v) is 3.66. The number of fused-ring (bicyclic) bond motifs is 1. The van der Waals surface area contributed by atoms with Crippen LogP contribution in [0.2, 0.25) is 0 Å². The van der Waals surface area contributed by atoms with Gasteiger partial charge in [0, 0.05) is 25.0 Å². The Labute approximate surface area is 141 Å². The second-order valence-electron chi connectivity index (χ2n) is 5.56. The second-order valence-corrected chi connectivity index (χ2v) is 5.56. The quantitative estimate of drug-likeness (QED) is 0.620. The van der Waals surface area contributed by atoms with Crippen LogP contribution < -0.4 is 5.32 Å². The normalized spacial score (nSPS) is 11.2. The van der Waals surface area contributed by atoms with Gasteiger partial charge in [-0.2, -0.15) is 15.1 Å². The topological polar surface area (TPSA) is 73.5 Å². The summed E-state index contributed by atoms with van der Waals surface area (Å²) in [4.78, 5) is 13.2. The Balaban J connectivity index is 1.85. The lowest BCUT2D eigenvalue weighted by Gasteiger charge is -2.09. The first kappa shape index (κ1) is 15.2. The van der Waals surface area contributed by atoms with Gasteiger partial charge in [0.1, 0.15) is 0 Å². The molecule has 0 saturated carbocycles. The number of hydrogen-bond donors (Lipinski definition) is 1. The molecule has 0 amide bonds. The number of rotatable bonds is 3. The lowest BCUT2D eigenvalue weighted by atomic mass is 10.3. The van der Waals surface area contributed by atoms with Crippen molar-refractivity contribution in [3.63, 3.8) is 0 Å². The molecule has 7 nitrogen and oxygen atoms in total. The predicted molar refractivity (Wildman–Crippen MR) is 87.8 cm³/mol. The molecule has 4 aromatic rings. The number of imidazole rings is 1. The van der Waals surface area contributed by atoms with Crippen LogP contribution in [0, 0.1) is 18.6 Å². The molecule has 0 fully saturated rings. The number of anilines is 2. The maximum absolute atomic E-state index is 13.5. The standard InChI is InChI=1S/C16H13F2N7/c1-9-5-6-25(23-9)16-21-14(13-15(22-16)24(2)8-19-13)20-10-3-4-11(17)12(18)7-10/h3-8H,1-2H3,(H,20,21,22). The molecular formula is C16H13F2N7. The van der Waals surface area contributed by atoms with Crippen molar-refractivity contribution in [2.24, 2.45) is 7.05 Å². The largest absolute Gasteiger partial charge is 0.338 e. The van der Waals surface area contributed by atoms with Crippen LogP contribution in [0.3, 0.4) is 0 Å². The summed E-state index contributed by atoms with van der Waals surface area (Å²) in [6.07, 6.45) is 3.35. The number of benzene rings is 1. The van der Waals surface area contributed by atoms with E-state index in [-0.39, 0.29) is 0 Å². The van der Waals surface area contributed by atoms with E-state index in [0.717, 1.165) is 17.8 Å². The van der Waals surface area contributed by atoms with Crippen molar-refractivity contribution in [3.05, 3.63) is 54.1 Å². The number of aromatic nitrogens is 6. The van der Waals surface area contributed by atoms with Crippen LogP contribution in [-0.4, -0.2) is 29.3 Å². The van der Waals surface area contributed by atoms with E-state index in [9.17, 15) is 8.78 Å². The second kappa shape index (κ2) is 5.62. The number of hydrogen-bond acceptors (Lipinski definition) is 5. The van der Waals surface area contributed by atoms with Crippen molar-refractivity contribution in [1.82, 2.24) is 29.3 Å². The lowest BCUT2D eigenvalue weighted by molar-refractivity contribution is 0.509. The molecule has 0 spiro atoms. The molecule has 0 aliphatic carbocycles. The summed E-state index contributed by atoms with van der Waals surface area (Å²) in [5.74, 6) is -1.14. The summed E-state index contributed by atoms with van der Waals surface area (Å²) >= 11 is 0. The van der Waals surface area contributed by atoms with Crippen LogP contribution in [0.25, 0.3) is 17.1 Å². The SMILES string of the molecule is Cc1ccn(-c2nc(Nc3ccc(F)c(F)c3)c3ncn(C)c3n2)n1. The van der Waals surface area contributed by atoms with Crippen molar-refractivity contribution in [3.8, 4) is 5.95 Å². The molecule has 0 aliphatic heterocycles. The Morgan fingerprint density at radius 3 is 2.64 bits per heavy atom. The van der Waals surface area contributed by atoms with E-state index in [2.05, 4.69) is 25.4 Å². The van der Waals surface area contributed by atoms with Crippen molar-refractivity contribution in [1.29, 1.82) is 0 Å². The molecule has 9 heteroatoms. The van der Waals surface area contributed by atoms with Crippen molar-refractivity contribution in [2.75, 3.05) is 5.32 Å². The molecule has 3 heterocycles. The summed E-state index contributed by atoms with van der Waals surface area (Å²) in [7, 11) is 1.81. The van der Waals surface area contributed by atoms with Gasteiger partial charge in [-0.05, 0) is 25.1 Å². The Kier molecular flexibility index (Phi) is 3.41. The number of aryl methyl sites for hydroxylation is 2. The van der Waals surface area contributed by atoms with Gasteiger partial charge in [-0.1, -0.05) is 0 Å². The Morgan fingerprint density at radius 2 is 1.92 bits per heavy atom. The molecule has 0 unspecified atom stereocenters. The predicted octanol–water partition coefficient (Wildman–Crippen LogP) is 2.88. The third-order valence-electron chi connectivity index (χ3n) is 3.66. The average Bonchev–Trinajstić information content (AvgIpc) is 3.18. The highest BCUT2D eigenvalue weighted by atomic mass is 19.2. The Hall–Kier alpha value is -3.36. The molecule has 0 bridgehead atoms. The van der Waals surface area contributed by atoms with Gasteiger partial charge in [-0.25, -0.2) is 18.4 Å². The summed E-state index contributed by atoms with van der Waals surface area (Å²) in [5.41, 5.74) is 2.28. The van der Waals surface area contributed by atoms with Gasteiger partial charge in [-0.3, -0.25) is 0 Å². The molecule has 4 rings (SSSR count). The van der Waals surface area contributed by atoms with Crippen LogP contribution in [0.15, 0.2) is 36.8 Å². The summed E-state index contributed by atoms with van der Waals surface area (Å²) in [5, 5.41) is 7.27. The molecule has 0 saturated heterocycles. The van der Waals surface area contributed by atoms with Gasteiger partial charge >= 0.3 is 0 Å². The van der Waals surface area contributed by atoms with Crippen molar-refractivity contribution >= 4 is 22.7 Å². The number of halogens is 2. The van der Waals surface area contributed by atoms with Crippen LogP contribution in [0.5, 0.6) is 0 Å². The maximum Gasteiger partial charge on any atom is 0.254 e. The zero-order valence-corrected chi connectivity index (χ0v) is 13.4. The number of nitrogens with zero attached hydrogens (tertiary/aromatic N) is 6. The van der Waals surface area contributed by atoms with E-state index in [1.807, 2.05) is 20.0 Å². The molecule has 1 N–H and O–H groups in total. The summed E-state index contributed by atoms with van der Waals surface area (Å²) in [6.45, 7) is 1.86. The fraction of sp³-hybridized carbons (Fsp3) is 0.125. The van der Waals surface area contributed by atoms with Gasteiger partial charge in [0.25, 0.3) is 5.95 Å². The highest BCUT2D eigenvalue weighted by molar-refractivity contribution is 5.85. The minimum absolute atomic E-state index is 0.342. The van der Waals surface area contributed by atoms with Crippen LogP contribution in [0.4, 0.5) is 20.3 Å². The molecule has 3 aromatic heterocycles. The smallest absolute Gasteiger partial charge is 0.254 e. The zero-order chi connectivity index (χ0) is 17.6. The zero-order valence-electron chi connectivity index (χ0n) is 13.4. The molecule has 1 aromatic carbocycles. The van der Waals surface area contributed by atoms with E-state index in [1.165, 1.54) is 10.7 Å². The fourth-order valence-electron chi connectivity index (χ4n) is 2.42. The highest BCUT2D eigenvalue weighted by Crippen LogP contribution is 2.24. The van der Waals surface area contributed by atoms with E-state index in [0.29, 0.717) is 28.6 Å². The summed E-state index contributed by atoms with van der Waals surface area (Å²) < 4.78 is 29.9. The van der Waals surface area contributed by atoms with Crippen LogP contribution >= 0.6 is 0 Å². The van der Waals surface area contributed by atoms with Gasteiger partial charge in [0.2, 0.25) is 0 Å². The van der Waals surface area contributed by atoms with Gasteiger partial charge in [0.05, 0.1) is 12.0 Å². The van der Waals surface area contributed by atoms with Gasteiger partial charge in [-0.15, -0.1) is 0 Å². The molecule has 0 radical (unpaired) electrons. The first-order valence-corrected chi connectivity index (χ1v) is 7.45. The van der Waals surface area contributed by atoms with Crippen molar-refractivity contribution < 1.29 is 8.78 Å². The number of nitrogens with one attached hydrogen (secondary N) is 1. The Morgan fingerprint density at radius 1 is 1.08 bits per heavy atom. The fourth-order valence-corrected chi connectivity index (χ4v) is 2.42. The highest BCUT2D eigenvalue weighted by Gasteiger charge is 2.14. The van der Waals surface area contributed by atoms with Crippen LogP contribution in [0.1, 0.15) is 5.69 Å². The van der Waals surface area contributed by atoms with Crippen LogP contribution in [-0.2, 0) is 7.05 Å². The minimum Gasteiger partial charge on any atom is -0.338 e. The molecular weight excluding hydrogens is 328 g/mol. The summed E-state index contributed by atoms with van der Waals surface area (Å²) in [6, 6.07) is 5.36. The monoisotopic (exact) mass is 341 g/mol. The minimum atomic E-state index is -0.945. The molecule has 0 aliphatic rings. The molecule has 0 atom stereocenters. The van der Waals surface area contributed by atoms with Gasteiger partial charge in [0.15, 0.2) is 28.6 Å². The first-order chi connectivity index (χ1) is 12.0. The first-order valence-electron chi connectivity index (χ1n) is 7.45. The van der Waals surface area contributed by atoms with E-state index in [4.69, 9.17) is 0 Å². The Bertz CT molecular complexity index is 1080. The van der Waals surface area contributed by atoms with E-state index in [1.54, 1.807) is 17.1 Å². The molecule has 126 valence electrons. The lowest BCUT2D eigenvalue weighted by Crippen LogP contribution is -2.07. The average molecular weight is 341 g/mol. The molecule has 25 heavy (non-hydrogen) atoms.